The lowest BCUT2D eigenvalue weighted by Crippen LogP contribution is -2.26. The normalized spacial score (nSPS) is 19.0. The van der Waals surface area contributed by atoms with Gasteiger partial charge in [0.05, 0.1) is 5.01 Å². The fraction of sp³-hybridized carbons (Fsp3) is 0.667. The van der Waals surface area contributed by atoms with Crippen molar-refractivity contribution in [2.75, 3.05) is 13.1 Å². The first kappa shape index (κ1) is 12.3. The number of nitrogens with zero attached hydrogens (tertiary/aromatic N) is 1. The van der Waals surface area contributed by atoms with Crippen molar-refractivity contribution >= 4 is 27.3 Å². The Bertz CT molecular complexity index is 371. The van der Waals surface area contributed by atoms with Gasteiger partial charge in [-0.05, 0) is 41.9 Å². The van der Waals surface area contributed by atoms with E-state index in [1.165, 1.54) is 0 Å². The topological polar surface area (TPSA) is 24.9 Å². The highest BCUT2D eigenvalue weighted by Crippen LogP contribution is 2.40. The number of halogens is 4. The van der Waals surface area contributed by atoms with E-state index < -0.39 is 11.9 Å². The first-order chi connectivity index (χ1) is 7.48. The van der Waals surface area contributed by atoms with Crippen molar-refractivity contribution in [3.8, 4) is 0 Å². The van der Waals surface area contributed by atoms with Crippen molar-refractivity contribution < 1.29 is 13.2 Å². The Hall–Kier alpha value is -0.140. The van der Waals surface area contributed by atoms with Crippen LogP contribution < -0.4 is 5.32 Å². The summed E-state index contributed by atoms with van der Waals surface area (Å²) in [6.45, 7) is 1.70. The van der Waals surface area contributed by atoms with Crippen LogP contribution in [0.4, 0.5) is 13.2 Å². The molecule has 90 valence electrons. The predicted molar refractivity (Wildman–Crippen MR) is 59.7 cm³/mol. The zero-order valence-corrected chi connectivity index (χ0v) is 10.7. The second-order valence-corrected chi connectivity index (χ2v) is 6.04. The maximum atomic E-state index is 12.5. The molecule has 2 nitrogen and oxygen atoms in total. The van der Waals surface area contributed by atoms with Gasteiger partial charge in [-0.3, -0.25) is 0 Å². The number of hydrogen-bond donors (Lipinski definition) is 1. The molecule has 1 aliphatic heterocycles. The van der Waals surface area contributed by atoms with Crippen molar-refractivity contribution in [2.24, 2.45) is 0 Å². The fourth-order valence-corrected chi connectivity index (χ4v) is 3.53. The summed E-state index contributed by atoms with van der Waals surface area (Å²) in [7, 11) is 0. The lowest BCUT2D eigenvalue weighted by atomic mass is 9.99. The summed E-state index contributed by atoms with van der Waals surface area (Å²) < 4.78 is 37.7. The molecule has 2 heterocycles. The molecular weight excluding hydrogens is 305 g/mol. The molecule has 0 aliphatic carbocycles. The maximum Gasteiger partial charge on any atom is 0.435 e. The average molecular weight is 315 g/mol. The van der Waals surface area contributed by atoms with Gasteiger partial charge in [-0.25, -0.2) is 4.98 Å². The molecule has 0 spiro atoms. The fourth-order valence-electron chi connectivity index (χ4n) is 1.74. The first-order valence-corrected chi connectivity index (χ1v) is 6.53. The van der Waals surface area contributed by atoms with Gasteiger partial charge < -0.3 is 5.32 Å². The van der Waals surface area contributed by atoms with Crippen LogP contribution in [0.1, 0.15) is 29.5 Å². The molecule has 1 aromatic heterocycles. The van der Waals surface area contributed by atoms with Crippen LogP contribution in [0.5, 0.6) is 0 Å². The van der Waals surface area contributed by atoms with Crippen molar-refractivity contribution in [3.05, 3.63) is 14.5 Å². The molecule has 0 aromatic carbocycles. The molecule has 7 heteroatoms. The number of aromatic nitrogens is 1. The average Bonchev–Trinajstić information content (AvgIpc) is 2.61. The van der Waals surface area contributed by atoms with Crippen LogP contribution in [0.3, 0.4) is 0 Å². The summed E-state index contributed by atoms with van der Waals surface area (Å²) in [5, 5.41) is 3.78. The molecule has 1 aliphatic rings. The number of hydrogen-bond acceptors (Lipinski definition) is 3. The standard InChI is InChI=1S/C9H10BrF3N2S/c10-7-6(9(11,12)13)15-8(16-7)5-1-3-14-4-2-5/h5,14H,1-4H2. The Morgan fingerprint density at radius 2 is 1.94 bits per heavy atom. The van der Waals surface area contributed by atoms with Crippen LogP contribution in [-0.4, -0.2) is 18.1 Å². The lowest BCUT2D eigenvalue weighted by molar-refractivity contribution is -0.141. The highest BCUT2D eigenvalue weighted by atomic mass is 79.9. The molecule has 0 atom stereocenters. The molecule has 0 amide bonds. The van der Waals surface area contributed by atoms with E-state index in [2.05, 4.69) is 26.2 Å². The molecule has 0 bridgehead atoms. The van der Waals surface area contributed by atoms with E-state index in [1.807, 2.05) is 0 Å². The van der Waals surface area contributed by atoms with Crippen molar-refractivity contribution in [2.45, 2.75) is 24.9 Å². The monoisotopic (exact) mass is 314 g/mol. The quantitative estimate of drug-likeness (QED) is 0.859. The minimum absolute atomic E-state index is 0.0912. The molecule has 1 N–H and O–H groups in total. The van der Waals surface area contributed by atoms with E-state index in [4.69, 9.17) is 0 Å². The number of nitrogens with one attached hydrogen (secondary N) is 1. The summed E-state index contributed by atoms with van der Waals surface area (Å²) in [5.74, 6) is 0.165. The molecule has 1 saturated heterocycles. The van der Waals surface area contributed by atoms with Gasteiger partial charge >= 0.3 is 6.18 Å². The summed E-state index contributed by atoms with van der Waals surface area (Å²) >= 11 is 4.05. The Balaban J connectivity index is 2.23. The SMILES string of the molecule is FC(F)(F)c1nc(C2CCNCC2)sc1Br. The van der Waals surface area contributed by atoms with Gasteiger partial charge in [-0.2, -0.15) is 13.2 Å². The van der Waals surface area contributed by atoms with E-state index in [9.17, 15) is 13.2 Å². The van der Waals surface area contributed by atoms with Gasteiger partial charge in [-0.15, -0.1) is 11.3 Å². The molecule has 0 saturated carbocycles. The molecule has 16 heavy (non-hydrogen) atoms. The third-order valence-electron chi connectivity index (χ3n) is 2.56. The van der Waals surface area contributed by atoms with Crippen LogP contribution in [-0.2, 0) is 6.18 Å². The highest BCUT2D eigenvalue weighted by molar-refractivity contribution is 9.11. The lowest BCUT2D eigenvalue weighted by Gasteiger charge is -2.20. The number of piperidine rings is 1. The molecular formula is C9H10BrF3N2S. The Morgan fingerprint density at radius 1 is 1.31 bits per heavy atom. The van der Waals surface area contributed by atoms with Crippen LogP contribution in [0.2, 0.25) is 0 Å². The van der Waals surface area contributed by atoms with Crippen LogP contribution in [0, 0.1) is 0 Å². The second-order valence-electron chi connectivity index (χ2n) is 3.70. The molecule has 0 unspecified atom stereocenters. The summed E-state index contributed by atoms with van der Waals surface area (Å²) in [5.41, 5.74) is -0.786. The Kier molecular flexibility index (Phi) is 3.56. The first-order valence-electron chi connectivity index (χ1n) is 4.92. The Labute approximate surface area is 103 Å². The predicted octanol–water partition coefficient (Wildman–Crippen LogP) is 3.39. The van der Waals surface area contributed by atoms with Crippen LogP contribution in [0.25, 0.3) is 0 Å². The van der Waals surface area contributed by atoms with Crippen LogP contribution in [0.15, 0.2) is 3.79 Å². The number of alkyl halides is 3. The smallest absolute Gasteiger partial charge is 0.317 e. The second kappa shape index (κ2) is 4.62. The van der Waals surface area contributed by atoms with Crippen molar-refractivity contribution in [1.29, 1.82) is 0 Å². The van der Waals surface area contributed by atoms with Crippen LogP contribution >= 0.6 is 27.3 Å². The summed E-state index contributed by atoms with van der Waals surface area (Å²) in [4.78, 5) is 3.72. The third-order valence-corrected chi connectivity index (χ3v) is 4.43. The zero-order valence-electron chi connectivity index (χ0n) is 8.27. The third kappa shape index (κ3) is 2.57. The number of rotatable bonds is 1. The van der Waals surface area contributed by atoms with Crippen molar-refractivity contribution in [1.82, 2.24) is 10.3 Å². The largest absolute Gasteiger partial charge is 0.435 e. The van der Waals surface area contributed by atoms with Gasteiger partial charge in [0.2, 0.25) is 0 Å². The zero-order chi connectivity index (χ0) is 11.8. The van der Waals surface area contributed by atoms with Gasteiger partial charge in [0, 0.05) is 5.92 Å². The summed E-state index contributed by atoms with van der Waals surface area (Å²) in [6.07, 6.45) is -2.64. The molecule has 0 radical (unpaired) electrons. The highest BCUT2D eigenvalue weighted by Gasteiger charge is 2.37. The van der Waals surface area contributed by atoms with E-state index in [1.54, 1.807) is 0 Å². The van der Waals surface area contributed by atoms with E-state index >= 15 is 0 Å². The Morgan fingerprint density at radius 3 is 2.44 bits per heavy atom. The van der Waals surface area contributed by atoms with Gasteiger partial charge in [0.1, 0.15) is 3.79 Å². The summed E-state index contributed by atoms with van der Waals surface area (Å²) in [6, 6.07) is 0. The minimum Gasteiger partial charge on any atom is -0.317 e. The van der Waals surface area contributed by atoms with E-state index in [0.717, 1.165) is 37.3 Å². The number of thiazole rings is 1. The van der Waals surface area contributed by atoms with E-state index in [0.29, 0.717) is 5.01 Å². The van der Waals surface area contributed by atoms with Gasteiger partial charge in [0.25, 0.3) is 0 Å². The van der Waals surface area contributed by atoms with Crippen molar-refractivity contribution in [3.63, 3.8) is 0 Å². The molecule has 2 rings (SSSR count). The van der Waals surface area contributed by atoms with E-state index in [-0.39, 0.29) is 9.70 Å². The van der Waals surface area contributed by atoms with Gasteiger partial charge in [0.15, 0.2) is 5.69 Å². The van der Waals surface area contributed by atoms with Gasteiger partial charge in [-0.1, -0.05) is 0 Å². The minimum atomic E-state index is -4.36. The maximum absolute atomic E-state index is 12.5. The molecule has 1 fully saturated rings. The molecule has 1 aromatic rings.